The highest BCUT2D eigenvalue weighted by atomic mass is 35.5. The number of carbonyl (C=O) groups excluding carboxylic acids is 2. The van der Waals surface area contributed by atoms with E-state index in [0.29, 0.717) is 38.0 Å². The number of methoxy groups -OCH3 is 1. The number of hydrogen-bond donors (Lipinski definition) is 1. The molecule has 0 unspecified atom stereocenters. The highest BCUT2D eigenvalue weighted by molar-refractivity contribution is 6.36. The Hall–Kier alpha value is -3.38. The lowest BCUT2D eigenvalue weighted by Crippen LogP contribution is -2.20. The number of rotatable bonds is 2. The van der Waals surface area contributed by atoms with Crippen molar-refractivity contribution in [3.63, 3.8) is 0 Å². The fourth-order valence-corrected chi connectivity index (χ4v) is 4.33. The van der Waals surface area contributed by atoms with E-state index in [4.69, 9.17) is 16.3 Å². The summed E-state index contributed by atoms with van der Waals surface area (Å²) in [5.41, 5.74) is 3.05. The van der Waals surface area contributed by atoms with Gasteiger partial charge in [0.2, 0.25) is 0 Å². The summed E-state index contributed by atoms with van der Waals surface area (Å²) >= 11 is 6.39. The van der Waals surface area contributed by atoms with Crippen molar-refractivity contribution < 1.29 is 18.7 Å². The van der Waals surface area contributed by atoms with Crippen molar-refractivity contribution in [2.24, 2.45) is 7.05 Å². The molecule has 0 spiro atoms. The van der Waals surface area contributed by atoms with Crippen LogP contribution in [0, 0.1) is 5.82 Å². The fraction of sp³-hybridized carbons (Fsp3) is 0.0909. The van der Waals surface area contributed by atoms with Crippen molar-refractivity contribution in [2.75, 3.05) is 7.11 Å². The Labute approximate surface area is 169 Å². The van der Waals surface area contributed by atoms with Gasteiger partial charge in [-0.05, 0) is 23.8 Å². The number of carbonyl (C=O) groups is 2. The third-order valence-corrected chi connectivity index (χ3v) is 5.74. The average molecular weight is 409 g/mol. The SMILES string of the molecule is COc1cc2c(cc1F)c1c3c(c(-c4ccccc4Cl)cc1n2C)C(=O)NC3=O. The van der Waals surface area contributed by atoms with E-state index in [-0.39, 0.29) is 16.9 Å². The summed E-state index contributed by atoms with van der Waals surface area (Å²) in [4.78, 5) is 25.4. The van der Waals surface area contributed by atoms with Crippen LogP contribution < -0.4 is 10.1 Å². The second-order valence-corrected chi connectivity index (χ2v) is 7.30. The van der Waals surface area contributed by atoms with Crippen LogP contribution in [0.2, 0.25) is 5.02 Å². The molecule has 0 aliphatic carbocycles. The molecule has 4 aromatic rings. The Balaban J connectivity index is 2.01. The second kappa shape index (κ2) is 6.06. The van der Waals surface area contributed by atoms with Gasteiger partial charge in [0, 0.05) is 34.5 Å². The van der Waals surface area contributed by atoms with Gasteiger partial charge in [0.1, 0.15) is 0 Å². The van der Waals surface area contributed by atoms with Crippen LogP contribution in [0.4, 0.5) is 4.39 Å². The zero-order valence-electron chi connectivity index (χ0n) is 15.5. The van der Waals surface area contributed by atoms with Crippen LogP contribution in [-0.4, -0.2) is 23.5 Å². The first-order valence-electron chi connectivity index (χ1n) is 8.85. The highest BCUT2D eigenvalue weighted by Crippen LogP contribution is 2.42. The molecule has 5 nitrogen and oxygen atoms in total. The number of hydrogen-bond acceptors (Lipinski definition) is 3. The van der Waals surface area contributed by atoms with Crippen molar-refractivity contribution in [2.45, 2.75) is 0 Å². The van der Waals surface area contributed by atoms with Crippen LogP contribution in [-0.2, 0) is 7.05 Å². The largest absolute Gasteiger partial charge is 0.494 e. The van der Waals surface area contributed by atoms with Gasteiger partial charge in [-0.25, -0.2) is 4.39 Å². The summed E-state index contributed by atoms with van der Waals surface area (Å²) in [6.07, 6.45) is 0. The maximum absolute atomic E-state index is 14.5. The molecule has 2 amide bonds. The van der Waals surface area contributed by atoms with Crippen LogP contribution in [0.15, 0.2) is 42.5 Å². The number of amides is 2. The molecule has 29 heavy (non-hydrogen) atoms. The number of nitrogens with zero attached hydrogens (tertiary/aromatic N) is 1. The van der Waals surface area contributed by atoms with Crippen LogP contribution in [0.25, 0.3) is 32.9 Å². The maximum Gasteiger partial charge on any atom is 0.259 e. The van der Waals surface area contributed by atoms with E-state index in [0.717, 1.165) is 0 Å². The normalized spacial score (nSPS) is 13.2. The van der Waals surface area contributed by atoms with E-state index in [1.165, 1.54) is 13.2 Å². The summed E-state index contributed by atoms with van der Waals surface area (Å²) < 4.78 is 21.4. The van der Waals surface area contributed by atoms with Gasteiger partial charge in [-0.2, -0.15) is 0 Å². The number of imide groups is 1. The zero-order valence-corrected chi connectivity index (χ0v) is 16.2. The molecular weight excluding hydrogens is 395 g/mol. The third kappa shape index (κ3) is 2.32. The summed E-state index contributed by atoms with van der Waals surface area (Å²) in [6, 6.07) is 11.9. The van der Waals surface area contributed by atoms with Gasteiger partial charge in [-0.15, -0.1) is 0 Å². The summed E-state index contributed by atoms with van der Waals surface area (Å²) in [7, 11) is 3.21. The molecule has 1 N–H and O–H groups in total. The first-order valence-corrected chi connectivity index (χ1v) is 9.23. The second-order valence-electron chi connectivity index (χ2n) is 6.89. The van der Waals surface area contributed by atoms with Crippen LogP contribution in [0.1, 0.15) is 20.7 Å². The smallest absolute Gasteiger partial charge is 0.259 e. The monoisotopic (exact) mass is 408 g/mol. The van der Waals surface area contributed by atoms with Crippen LogP contribution in [0.5, 0.6) is 5.75 Å². The number of aryl methyl sites for hydroxylation is 1. The maximum atomic E-state index is 14.5. The summed E-state index contributed by atoms with van der Waals surface area (Å²) in [5, 5.41) is 3.89. The molecule has 3 aromatic carbocycles. The molecule has 7 heteroatoms. The first kappa shape index (κ1) is 17.7. The number of fused-ring (bicyclic) bond motifs is 5. The summed E-state index contributed by atoms with van der Waals surface area (Å²) in [5.74, 6) is -1.44. The highest BCUT2D eigenvalue weighted by Gasteiger charge is 2.34. The van der Waals surface area contributed by atoms with Crippen LogP contribution >= 0.6 is 11.6 Å². The Bertz CT molecular complexity index is 1390. The Morgan fingerprint density at radius 3 is 2.45 bits per heavy atom. The minimum atomic E-state index is -0.541. The van der Waals surface area contributed by atoms with E-state index in [2.05, 4.69) is 5.32 Å². The predicted molar refractivity (Wildman–Crippen MR) is 109 cm³/mol. The molecule has 0 bridgehead atoms. The molecule has 0 radical (unpaired) electrons. The molecule has 2 heterocycles. The van der Waals surface area contributed by atoms with E-state index < -0.39 is 17.6 Å². The molecule has 1 aromatic heterocycles. The Morgan fingerprint density at radius 2 is 1.72 bits per heavy atom. The molecule has 144 valence electrons. The zero-order chi connectivity index (χ0) is 20.4. The van der Waals surface area contributed by atoms with E-state index in [1.54, 1.807) is 24.3 Å². The number of aromatic nitrogens is 1. The molecule has 5 rings (SSSR count). The molecule has 1 aliphatic heterocycles. The van der Waals surface area contributed by atoms with Gasteiger partial charge in [0.25, 0.3) is 11.8 Å². The van der Waals surface area contributed by atoms with Crippen molar-refractivity contribution in [3.05, 3.63) is 64.4 Å². The van der Waals surface area contributed by atoms with Gasteiger partial charge in [-0.3, -0.25) is 14.9 Å². The molecule has 0 saturated heterocycles. The topological polar surface area (TPSA) is 60.3 Å². The Morgan fingerprint density at radius 1 is 1.00 bits per heavy atom. The lowest BCUT2D eigenvalue weighted by atomic mass is 9.93. The quantitative estimate of drug-likeness (QED) is 0.490. The molecule has 0 atom stereocenters. The molecular formula is C22H14ClFN2O3. The predicted octanol–water partition coefficient (Wildman–Crippen LogP) is 4.68. The Kier molecular flexibility index (Phi) is 3.70. The van der Waals surface area contributed by atoms with Crippen molar-refractivity contribution in [3.8, 4) is 16.9 Å². The molecule has 1 aliphatic rings. The third-order valence-electron chi connectivity index (χ3n) is 5.41. The summed E-state index contributed by atoms with van der Waals surface area (Å²) in [6.45, 7) is 0. The molecule has 0 fully saturated rings. The van der Waals surface area contributed by atoms with Crippen molar-refractivity contribution >= 4 is 45.2 Å². The minimum Gasteiger partial charge on any atom is -0.494 e. The van der Waals surface area contributed by atoms with E-state index in [1.807, 2.05) is 23.7 Å². The number of nitrogens with one attached hydrogen (secondary N) is 1. The van der Waals surface area contributed by atoms with Gasteiger partial charge in [0.15, 0.2) is 11.6 Å². The average Bonchev–Trinajstić information content (AvgIpc) is 3.14. The van der Waals surface area contributed by atoms with Gasteiger partial charge in [0.05, 0.1) is 29.3 Å². The van der Waals surface area contributed by atoms with E-state index in [9.17, 15) is 14.0 Å². The number of ether oxygens (including phenoxy) is 1. The van der Waals surface area contributed by atoms with Gasteiger partial charge >= 0.3 is 0 Å². The minimum absolute atomic E-state index is 0.104. The van der Waals surface area contributed by atoms with Crippen molar-refractivity contribution in [1.82, 2.24) is 9.88 Å². The first-order chi connectivity index (χ1) is 13.9. The lowest BCUT2D eigenvalue weighted by molar-refractivity contribution is 0.0880. The van der Waals surface area contributed by atoms with E-state index >= 15 is 0 Å². The standard InChI is InChI=1S/C22H14ClFN2O3/c1-26-15-9-17(29-2)14(24)7-12(15)18-16(26)8-11(10-5-3-4-6-13(10)23)19-20(18)22(28)25-21(19)27/h3-9H,1-2H3,(H,25,27,28). The van der Waals surface area contributed by atoms with Gasteiger partial charge in [-0.1, -0.05) is 29.8 Å². The van der Waals surface area contributed by atoms with Crippen molar-refractivity contribution in [1.29, 1.82) is 0 Å². The lowest BCUT2D eigenvalue weighted by Gasteiger charge is -2.10. The van der Waals surface area contributed by atoms with Crippen LogP contribution in [0.3, 0.4) is 0 Å². The number of halogens is 2. The molecule has 0 saturated carbocycles. The number of benzene rings is 3. The fourth-order valence-electron chi connectivity index (χ4n) is 4.10. The van der Waals surface area contributed by atoms with Gasteiger partial charge < -0.3 is 9.30 Å².